The van der Waals surface area contributed by atoms with Gasteiger partial charge in [-0.25, -0.2) is 0 Å². The van der Waals surface area contributed by atoms with Crippen LogP contribution >= 0.6 is 11.6 Å². The molecule has 1 aliphatic rings. The number of halogens is 1. The highest BCUT2D eigenvalue weighted by Crippen LogP contribution is 2.23. The number of aryl methyl sites for hydroxylation is 2. The van der Waals surface area contributed by atoms with Crippen LogP contribution in [0.2, 0.25) is 5.02 Å². The number of carbonyl (C=O) groups is 2. The molecule has 1 aliphatic heterocycles. The van der Waals surface area contributed by atoms with Crippen molar-refractivity contribution in [3.63, 3.8) is 0 Å². The summed E-state index contributed by atoms with van der Waals surface area (Å²) in [5.41, 5.74) is 1.68. The summed E-state index contributed by atoms with van der Waals surface area (Å²) < 4.78 is 1.83. The van der Waals surface area contributed by atoms with Gasteiger partial charge in [-0.1, -0.05) is 18.5 Å². The number of nitrogens with one attached hydrogen (secondary N) is 1. The van der Waals surface area contributed by atoms with Crippen LogP contribution in [0.1, 0.15) is 38.6 Å². The molecule has 2 amide bonds. The molecule has 1 fully saturated rings. The van der Waals surface area contributed by atoms with Crippen LogP contribution in [0, 0.1) is 0 Å². The third-order valence-corrected chi connectivity index (χ3v) is 4.14. The average Bonchev–Trinajstić information content (AvgIpc) is 2.71. The third kappa shape index (κ3) is 3.20. The second-order valence-corrected chi connectivity index (χ2v) is 5.55. The lowest BCUT2D eigenvalue weighted by molar-refractivity contribution is -0.133. The molecule has 2 rings (SSSR count). The summed E-state index contributed by atoms with van der Waals surface area (Å²) in [7, 11) is 0. The predicted molar refractivity (Wildman–Crippen MR) is 79.9 cm³/mol. The molecule has 2 heterocycles. The van der Waals surface area contributed by atoms with E-state index >= 15 is 0 Å². The van der Waals surface area contributed by atoms with Gasteiger partial charge < -0.3 is 10.2 Å². The van der Waals surface area contributed by atoms with E-state index in [1.165, 1.54) is 0 Å². The summed E-state index contributed by atoms with van der Waals surface area (Å²) in [5.74, 6) is -0.179. The Balaban J connectivity index is 2.26. The monoisotopic (exact) mass is 312 g/mol. The van der Waals surface area contributed by atoms with E-state index in [4.69, 9.17) is 11.6 Å². The van der Waals surface area contributed by atoms with Gasteiger partial charge in [0.25, 0.3) is 0 Å². The Hall–Kier alpha value is -1.56. The molecule has 21 heavy (non-hydrogen) atoms. The van der Waals surface area contributed by atoms with E-state index in [0.717, 1.165) is 17.8 Å². The van der Waals surface area contributed by atoms with E-state index in [2.05, 4.69) is 10.4 Å². The molecule has 1 unspecified atom stereocenters. The van der Waals surface area contributed by atoms with Crippen LogP contribution in [0.3, 0.4) is 0 Å². The minimum absolute atomic E-state index is 0.0844. The van der Waals surface area contributed by atoms with Crippen molar-refractivity contribution >= 4 is 23.4 Å². The summed E-state index contributed by atoms with van der Waals surface area (Å²) in [6.45, 7) is 7.18. The molecule has 0 saturated carbocycles. The van der Waals surface area contributed by atoms with Crippen molar-refractivity contribution in [3.05, 3.63) is 16.4 Å². The lowest BCUT2D eigenvalue weighted by atomic mass is 10.2. The maximum Gasteiger partial charge on any atom is 0.245 e. The molecule has 1 atom stereocenters. The maximum absolute atomic E-state index is 12.3. The number of carbonyl (C=O) groups excluding carboxylic acids is 2. The SMILES string of the molecule is CCc1nn(CC)c(CN2CCC(=O)NC(C)C2=O)c1Cl. The Morgan fingerprint density at radius 1 is 1.38 bits per heavy atom. The van der Waals surface area contributed by atoms with Gasteiger partial charge in [-0.3, -0.25) is 14.3 Å². The zero-order valence-electron chi connectivity index (χ0n) is 12.6. The molecule has 0 radical (unpaired) electrons. The van der Waals surface area contributed by atoms with E-state index < -0.39 is 6.04 Å². The van der Waals surface area contributed by atoms with Crippen LogP contribution in [-0.2, 0) is 29.1 Å². The molecule has 1 N–H and O–H groups in total. The van der Waals surface area contributed by atoms with Crippen molar-refractivity contribution < 1.29 is 9.59 Å². The summed E-state index contributed by atoms with van der Waals surface area (Å²) in [4.78, 5) is 25.5. The summed E-state index contributed by atoms with van der Waals surface area (Å²) in [5, 5.41) is 7.77. The van der Waals surface area contributed by atoms with Crippen LogP contribution in [-0.4, -0.2) is 39.1 Å². The zero-order valence-corrected chi connectivity index (χ0v) is 13.4. The molecular weight excluding hydrogens is 292 g/mol. The summed E-state index contributed by atoms with van der Waals surface area (Å²) in [6.07, 6.45) is 1.07. The van der Waals surface area contributed by atoms with Gasteiger partial charge in [-0.05, 0) is 20.3 Å². The van der Waals surface area contributed by atoms with E-state index in [0.29, 0.717) is 31.1 Å². The average molecular weight is 313 g/mol. The van der Waals surface area contributed by atoms with E-state index in [1.807, 2.05) is 18.5 Å². The van der Waals surface area contributed by atoms with Crippen molar-refractivity contribution in [2.75, 3.05) is 6.54 Å². The predicted octanol–water partition coefficient (Wildman–Crippen LogP) is 1.36. The molecule has 1 aromatic rings. The lowest BCUT2D eigenvalue weighted by Crippen LogP contribution is -2.42. The second kappa shape index (κ2) is 6.47. The Kier molecular flexibility index (Phi) is 4.88. The molecule has 0 aliphatic carbocycles. The number of rotatable bonds is 4. The smallest absolute Gasteiger partial charge is 0.245 e. The quantitative estimate of drug-likeness (QED) is 0.912. The number of hydrogen-bond donors (Lipinski definition) is 1. The maximum atomic E-state index is 12.3. The number of hydrogen-bond acceptors (Lipinski definition) is 3. The highest BCUT2D eigenvalue weighted by Gasteiger charge is 2.28. The highest BCUT2D eigenvalue weighted by atomic mass is 35.5. The second-order valence-electron chi connectivity index (χ2n) is 5.18. The Bertz CT molecular complexity index is 555. The molecule has 1 saturated heterocycles. The molecule has 0 spiro atoms. The molecular formula is C14H21ClN4O2. The Labute approximate surface area is 129 Å². The summed E-state index contributed by atoms with van der Waals surface area (Å²) >= 11 is 6.38. The normalized spacial score (nSPS) is 19.6. The number of aromatic nitrogens is 2. The topological polar surface area (TPSA) is 67.2 Å². The lowest BCUT2D eigenvalue weighted by Gasteiger charge is -2.22. The standard InChI is InChI=1S/C14H21ClN4O2/c1-4-10-13(15)11(19(5-2)17-10)8-18-7-6-12(20)16-9(3)14(18)21/h9H,4-8H2,1-3H3,(H,16,20). The summed E-state index contributed by atoms with van der Waals surface area (Å²) in [6, 6.07) is -0.498. The van der Waals surface area contributed by atoms with Crippen molar-refractivity contribution in [1.82, 2.24) is 20.0 Å². The van der Waals surface area contributed by atoms with Crippen LogP contribution in [0.5, 0.6) is 0 Å². The van der Waals surface area contributed by atoms with Crippen LogP contribution < -0.4 is 5.32 Å². The molecule has 0 aromatic carbocycles. The van der Waals surface area contributed by atoms with Gasteiger partial charge in [0.2, 0.25) is 11.8 Å². The van der Waals surface area contributed by atoms with E-state index in [-0.39, 0.29) is 11.8 Å². The number of amides is 2. The molecule has 116 valence electrons. The first-order valence-corrected chi connectivity index (χ1v) is 7.67. The molecule has 1 aromatic heterocycles. The first kappa shape index (κ1) is 15.8. The van der Waals surface area contributed by atoms with E-state index in [1.54, 1.807) is 11.8 Å². The van der Waals surface area contributed by atoms with Gasteiger partial charge in [-0.15, -0.1) is 0 Å². The van der Waals surface area contributed by atoms with Gasteiger partial charge in [0.15, 0.2) is 0 Å². The van der Waals surface area contributed by atoms with Crippen LogP contribution in [0.25, 0.3) is 0 Å². The van der Waals surface area contributed by atoms with Gasteiger partial charge in [-0.2, -0.15) is 5.10 Å². The largest absolute Gasteiger partial charge is 0.345 e. The van der Waals surface area contributed by atoms with Crippen molar-refractivity contribution in [2.24, 2.45) is 0 Å². The van der Waals surface area contributed by atoms with E-state index in [9.17, 15) is 9.59 Å². The zero-order chi connectivity index (χ0) is 15.6. The van der Waals surface area contributed by atoms with Gasteiger partial charge >= 0.3 is 0 Å². The Morgan fingerprint density at radius 3 is 2.71 bits per heavy atom. The molecule has 0 bridgehead atoms. The Morgan fingerprint density at radius 2 is 2.10 bits per heavy atom. The van der Waals surface area contributed by atoms with Gasteiger partial charge in [0, 0.05) is 19.5 Å². The fraction of sp³-hybridized carbons (Fsp3) is 0.643. The van der Waals surface area contributed by atoms with Gasteiger partial charge in [0.05, 0.1) is 23.0 Å². The van der Waals surface area contributed by atoms with Crippen molar-refractivity contribution in [1.29, 1.82) is 0 Å². The van der Waals surface area contributed by atoms with Crippen molar-refractivity contribution in [3.8, 4) is 0 Å². The van der Waals surface area contributed by atoms with Crippen molar-refractivity contribution in [2.45, 2.75) is 52.7 Å². The first-order valence-electron chi connectivity index (χ1n) is 7.30. The molecule has 6 nitrogen and oxygen atoms in total. The fourth-order valence-electron chi connectivity index (χ4n) is 2.50. The third-order valence-electron chi connectivity index (χ3n) is 3.70. The fourth-order valence-corrected chi connectivity index (χ4v) is 2.83. The molecule has 7 heteroatoms. The highest BCUT2D eigenvalue weighted by molar-refractivity contribution is 6.31. The minimum atomic E-state index is -0.498. The van der Waals surface area contributed by atoms with Crippen LogP contribution in [0.15, 0.2) is 0 Å². The van der Waals surface area contributed by atoms with Gasteiger partial charge in [0.1, 0.15) is 6.04 Å². The number of nitrogens with zero attached hydrogens (tertiary/aromatic N) is 3. The first-order chi connectivity index (χ1) is 9.97. The minimum Gasteiger partial charge on any atom is -0.345 e. The van der Waals surface area contributed by atoms with Crippen LogP contribution in [0.4, 0.5) is 0 Å².